The largest absolute Gasteiger partial charge is 0.452 e. The molecule has 20 heteroatoms. The predicted molar refractivity (Wildman–Crippen MR) is 351 cm³/mol. The van der Waals surface area contributed by atoms with E-state index in [9.17, 15) is 0 Å². The summed E-state index contributed by atoms with van der Waals surface area (Å²) in [6.45, 7) is 8.34. The standard InChI is InChI=1S/C28H12Br4O4S2.C28H12Br4O2S4/c1-9-3-5-11-13(7-9)33-21-15(29)23(35-19(11)21)25-17(31)27-28(37-25)18(32)26(38-27)24-16(30)22-20(36-24)12-6-4-10(2)8-14(12)34-22;1-9-3-5-11-13(7-9)35-23-15(29)21(33-19(11)23)25-17(31)27-28(37-25)18(32)26(38-27)22-16(30)24-20(34-22)12-6-4-10(2)8-14(12)36-24/h2*3-8H,1-2H3. The Morgan fingerprint density at radius 2 is 0.579 bits per heavy atom. The maximum absolute atomic E-state index is 6.52. The number of aryl methyl sites for hydroxylation is 4. The molecular weight excluding hydrogens is 1600 g/mol. The monoisotopic (exact) mass is 1620 g/mol. The van der Waals surface area contributed by atoms with Crippen molar-refractivity contribution in [2.45, 2.75) is 27.7 Å². The first kappa shape index (κ1) is 50.2. The van der Waals surface area contributed by atoms with Crippen molar-refractivity contribution in [2.24, 2.45) is 0 Å². The van der Waals surface area contributed by atoms with Crippen molar-refractivity contribution in [1.29, 1.82) is 0 Å². The van der Waals surface area contributed by atoms with E-state index < -0.39 is 0 Å². The lowest BCUT2D eigenvalue weighted by atomic mass is 10.2. The van der Waals surface area contributed by atoms with Crippen LogP contribution in [0.15, 0.2) is 135 Å². The zero-order valence-electron chi connectivity index (χ0n) is 38.9. The number of hydrogen-bond acceptors (Lipinski definition) is 12. The molecule has 0 bridgehead atoms. The lowest BCUT2D eigenvalue weighted by Gasteiger charge is -1.98. The molecule has 6 nitrogen and oxygen atoms in total. The number of thiophene rings is 6. The van der Waals surface area contributed by atoms with Gasteiger partial charge in [0.2, 0.25) is 0 Å². The van der Waals surface area contributed by atoms with Crippen LogP contribution in [0.2, 0.25) is 0 Å². The summed E-state index contributed by atoms with van der Waals surface area (Å²) in [6, 6.07) is 25.3. The van der Waals surface area contributed by atoms with E-state index in [0.29, 0.717) is 11.2 Å². The Kier molecular flexibility index (Phi) is 12.1. The fraction of sp³-hybridized carbons (Fsp3) is 0.0714. The fourth-order valence-corrected chi connectivity index (χ4v) is 23.8. The minimum atomic E-state index is 0.716. The molecule has 76 heavy (non-hydrogen) atoms. The average molecular weight is 1620 g/mol. The van der Waals surface area contributed by atoms with Crippen LogP contribution in [0.25, 0.3) is 146 Å². The third-order valence-electron chi connectivity index (χ3n) is 13.3. The Balaban J connectivity index is 0.000000133. The van der Waals surface area contributed by atoms with Gasteiger partial charge < -0.3 is 26.5 Å². The van der Waals surface area contributed by atoms with E-state index >= 15 is 0 Å². The molecule has 0 amide bonds. The Labute approximate surface area is 520 Å². The van der Waals surface area contributed by atoms with Gasteiger partial charge in [-0.1, -0.05) is 24.3 Å². The highest BCUT2D eigenvalue weighted by Gasteiger charge is 2.32. The molecule has 0 unspecified atom stereocenters. The molecule has 0 spiro atoms. The Hall–Kier alpha value is -2.80. The number of furan rings is 6. The van der Waals surface area contributed by atoms with Gasteiger partial charge in [-0.2, -0.15) is 0 Å². The highest BCUT2D eigenvalue weighted by Crippen LogP contribution is 2.60. The van der Waals surface area contributed by atoms with E-state index in [1.165, 1.54) is 29.9 Å². The van der Waals surface area contributed by atoms with Crippen LogP contribution < -0.4 is 0 Å². The van der Waals surface area contributed by atoms with Gasteiger partial charge in [-0.15, -0.1) is 68.0 Å². The van der Waals surface area contributed by atoms with Crippen molar-refractivity contribution < 1.29 is 26.5 Å². The van der Waals surface area contributed by atoms with Crippen molar-refractivity contribution in [3.63, 3.8) is 0 Å². The summed E-state index contributed by atoms with van der Waals surface area (Å²) >= 11 is 41.0. The van der Waals surface area contributed by atoms with Crippen molar-refractivity contribution >= 4 is 299 Å². The Morgan fingerprint density at radius 1 is 0.276 bits per heavy atom. The highest BCUT2D eigenvalue weighted by atomic mass is 79.9. The number of rotatable bonds is 4. The summed E-state index contributed by atoms with van der Waals surface area (Å²) in [7, 11) is 0. The van der Waals surface area contributed by atoms with Gasteiger partial charge in [-0.3, -0.25) is 0 Å². The van der Waals surface area contributed by atoms with E-state index in [-0.39, 0.29) is 0 Å². The SMILES string of the molecule is Cc1ccc2c(c1)oc1c(Br)c(-c3sc4c(Br)c(-c5oc6c(oc7cc(C)ccc76)c5Br)sc4c3Br)oc12.Cc1ccc2c(c1)sc1c(Br)c(-c3sc4c(Br)c(-c5oc6c(sc7cc(C)ccc76)c5Br)sc4c3Br)oc12. The van der Waals surface area contributed by atoms with Gasteiger partial charge >= 0.3 is 0 Å². The van der Waals surface area contributed by atoms with E-state index in [1.54, 1.807) is 68.0 Å². The quantitative estimate of drug-likeness (QED) is 0.175. The molecule has 0 aliphatic carbocycles. The molecule has 0 atom stereocenters. The first-order chi connectivity index (χ1) is 36.6. The second kappa shape index (κ2) is 18.4. The molecule has 16 aromatic rings. The molecule has 0 saturated heterocycles. The summed E-state index contributed by atoms with van der Waals surface area (Å²) in [5, 5.41) is 4.24. The zero-order chi connectivity index (χ0) is 52.1. The number of fused-ring (bicyclic) bond motifs is 14. The van der Waals surface area contributed by atoms with E-state index in [0.717, 1.165) is 163 Å². The predicted octanol–water partition coefficient (Wildman–Crippen LogP) is 26.8. The lowest BCUT2D eigenvalue weighted by molar-refractivity contribution is 0.630. The van der Waals surface area contributed by atoms with Crippen LogP contribution in [0.4, 0.5) is 0 Å². The smallest absolute Gasteiger partial charge is 0.188 e. The second-order valence-electron chi connectivity index (χ2n) is 18.3. The lowest BCUT2D eigenvalue weighted by Crippen LogP contribution is -1.72. The molecule has 0 N–H and O–H groups in total. The third-order valence-corrected chi connectivity index (χ3v) is 29.4. The average Bonchev–Trinajstić information content (AvgIpc) is 4.34. The second-order valence-corrected chi connectivity index (χ2v) is 30.8. The summed E-state index contributed by atoms with van der Waals surface area (Å²) in [4.78, 5) is 4.14. The maximum Gasteiger partial charge on any atom is 0.188 e. The molecule has 376 valence electrons. The topological polar surface area (TPSA) is 78.8 Å². The van der Waals surface area contributed by atoms with Gasteiger partial charge in [0, 0.05) is 20.2 Å². The van der Waals surface area contributed by atoms with Gasteiger partial charge in [0.15, 0.2) is 56.5 Å². The van der Waals surface area contributed by atoms with Crippen LogP contribution >= 0.6 is 195 Å². The molecule has 4 aromatic carbocycles. The van der Waals surface area contributed by atoms with Crippen molar-refractivity contribution in [3.8, 4) is 42.5 Å². The van der Waals surface area contributed by atoms with E-state index in [1.807, 2.05) is 38.1 Å². The van der Waals surface area contributed by atoms with Crippen LogP contribution in [0.5, 0.6) is 0 Å². The van der Waals surface area contributed by atoms with E-state index in [2.05, 4.69) is 190 Å². The number of hydrogen-bond donors (Lipinski definition) is 0. The van der Waals surface area contributed by atoms with Gasteiger partial charge in [0.1, 0.15) is 20.1 Å². The van der Waals surface area contributed by atoms with Gasteiger partial charge in [-0.05, 0) is 226 Å². The fourth-order valence-electron chi connectivity index (χ4n) is 9.64. The molecule has 0 radical (unpaired) electrons. The number of benzene rings is 4. The minimum absolute atomic E-state index is 0.716. The molecule has 12 aromatic heterocycles. The first-order valence-electron chi connectivity index (χ1n) is 22.9. The third kappa shape index (κ3) is 7.44. The molecule has 16 rings (SSSR count). The number of halogens is 8. The van der Waals surface area contributed by atoms with Gasteiger partial charge in [-0.25, -0.2) is 0 Å². The first-order valence-corrected chi connectivity index (χ1v) is 34.1. The molecule has 0 aliphatic rings. The minimum Gasteiger partial charge on any atom is -0.452 e. The summed E-state index contributed by atoms with van der Waals surface area (Å²) in [5.41, 5.74) is 11.3. The summed E-state index contributed by atoms with van der Waals surface area (Å²) in [5.74, 6) is 3.22. The van der Waals surface area contributed by atoms with Crippen LogP contribution in [-0.4, -0.2) is 0 Å². The van der Waals surface area contributed by atoms with E-state index in [4.69, 9.17) is 26.5 Å². The van der Waals surface area contributed by atoms with Crippen molar-refractivity contribution in [1.82, 2.24) is 0 Å². The van der Waals surface area contributed by atoms with Crippen molar-refractivity contribution in [3.05, 3.63) is 131 Å². The molecule has 0 saturated carbocycles. The zero-order valence-corrected chi connectivity index (χ0v) is 56.4. The van der Waals surface area contributed by atoms with Crippen LogP contribution in [0.3, 0.4) is 0 Å². The normalized spacial score (nSPS) is 12.5. The Bertz CT molecular complexity index is 4540. The molecule has 12 heterocycles. The van der Waals surface area contributed by atoms with Gasteiger partial charge in [0.25, 0.3) is 0 Å². The van der Waals surface area contributed by atoms with Crippen LogP contribution in [0, 0.1) is 27.7 Å². The molecule has 0 aliphatic heterocycles. The maximum atomic E-state index is 6.52. The molecular formula is C56H24Br8O6S6. The van der Waals surface area contributed by atoms with Crippen molar-refractivity contribution in [2.75, 3.05) is 0 Å². The van der Waals surface area contributed by atoms with Gasteiger partial charge in [0.05, 0.1) is 85.3 Å². The molecule has 0 fully saturated rings. The van der Waals surface area contributed by atoms with Crippen LogP contribution in [-0.2, 0) is 0 Å². The highest BCUT2D eigenvalue weighted by molar-refractivity contribution is 9.12. The summed E-state index contributed by atoms with van der Waals surface area (Å²) in [6.07, 6.45) is 0. The Morgan fingerprint density at radius 3 is 0.934 bits per heavy atom. The summed E-state index contributed by atoms with van der Waals surface area (Å²) < 4.78 is 55.1. The van der Waals surface area contributed by atoms with Crippen LogP contribution in [0.1, 0.15) is 22.3 Å².